The maximum absolute atomic E-state index is 10.8. The van der Waals surface area contributed by atoms with E-state index in [0.717, 1.165) is 18.5 Å². The van der Waals surface area contributed by atoms with Gasteiger partial charge in [-0.1, -0.05) is 27.7 Å². The standard InChI is InChI=1S/C7H12N2.C7H12O.C2H6/c1-6(2)9-5-4-7(3)8-9;1-5-3-4-7(8)6(5)2;1-2/h4-6H,1-3H3;5-6H,3-4H2,1-2H3;1-2H3. The van der Waals surface area contributed by atoms with Crippen LogP contribution in [0.25, 0.3) is 0 Å². The van der Waals surface area contributed by atoms with E-state index in [9.17, 15) is 4.79 Å². The molecule has 1 fully saturated rings. The molecule has 2 atom stereocenters. The second-order valence-corrected chi connectivity index (χ2v) is 5.30. The van der Waals surface area contributed by atoms with E-state index in [2.05, 4.69) is 25.9 Å². The molecule has 0 bridgehead atoms. The number of aryl methyl sites for hydroxylation is 1. The van der Waals surface area contributed by atoms with Gasteiger partial charge in [0.1, 0.15) is 5.78 Å². The first-order valence-electron chi connectivity index (χ1n) is 7.46. The van der Waals surface area contributed by atoms with Crippen LogP contribution in [-0.2, 0) is 4.79 Å². The van der Waals surface area contributed by atoms with Crippen molar-refractivity contribution in [2.75, 3.05) is 0 Å². The highest BCUT2D eigenvalue weighted by Gasteiger charge is 2.26. The van der Waals surface area contributed by atoms with Crippen LogP contribution in [0.5, 0.6) is 0 Å². The maximum Gasteiger partial charge on any atom is 0.135 e. The smallest absolute Gasteiger partial charge is 0.135 e. The van der Waals surface area contributed by atoms with Gasteiger partial charge in [-0.05, 0) is 39.2 Å². The Labute approximate surface area is 118 Å². The molecule has 1 aromatic heterocycles. The first-order valence-corrected chi connectivity index (χ1v) is 7.46. The van der Waals surface area contributed by atoms with Crippen LogP contribution < -0.4 is 0 Å². The minimum absolute atomic E-state index is 0.343. The van der Waals surface area contributed by atoms with E-state index in [1.165, 1.54) is 0 Å². The lowest BCUT2D eigenvalue weighted by Crippen LogP contribution is -2.06. The molecule has 3 heteroatoms. The van der Waals surface area contributed by atoms with E-state index >= 15 is 0 Å². The van der Waals surface area contributed by atoms with Gasteiger partial charge in [-0.15, -0.1) is 0 Å². The van der Waals surface area contributed by atoms with Gasteiger partial charge in [-0.3, -0.25) is 9.48 Å². The Kier molecular flexibility index (Phi) is 8.37. The summed E-state index contributed by atoms with van der Waals surface area (Å²) in [6, 6.07) is 2.50. The molecule has 1 heterocycles. The molecule has 1 aromatic rings. The Morgan fingerprint density at radius 1 is 1.32 bits per heavy atom. The van der Waals surface area contributed by atoms with E-state index in [4.69, 9.17) is 0 Å². The Bertz CT molecular complexity index is 369. The zero-order valence-corrected chi connectivity index (χ0v) is 13.6. The second kappa shape index (κ2) is 8.89. The lowest BCUT2D eigenvalue weighted by molar-refractivity contribution is -0.120. The summed E-state index contributed by atoms with van der Waals surface area (Å²) in [5.74, 6) is 1.44. The fourth-order valence-electron chi connectivity index (χ4n) is 1.89. The minimum Gasteiger partial charge on any atom is -0.299 e. The third kappa shape index (κ3) is 6.04. The Hall–Kier alpha value is -1.12. The fraction of sp³-hybridized carbons (Fsp3) is 0.750. The molecule has 0 spiro atoms. The molecule has 0 radical (unpaired) electrons. The molecule has 0 aliphatic heterocycles. The first-order chi connectivity index (χ1) is 8.91. The second-order valence-electron chi connectivity index (χ2n) is 5.30. The highest BCUT2D eigenvalue weighted by atomic mass is 16.1. The van der Waals surface area contributed by atoms with Crippen LogP contribution in [0.15, 0.2) is 12.3 Å². The summed E-state index contributed by atoms with van der Waals surface area (Å²) in [5.41, 5.74) is 1.09. The summed E-state index contributed by atoms with van der Waals surface area (Å²) in [7, 11) is 0. The highest BCUT2D eigenvalue weighted by Crippen LogP contribution is 2.26. The van der Waals surface area contributed by atoms with Crippen molar-refractivity contribution in [1.82, 2.24) is 9.78 Å². The molecule has 0 N–H and O–H groups in total. The van der Waals surface area contributed by atoms with Crippen LogP contribution in [0.4, 0.5) is 0 Å². The van der Waals surface area contributed by atoms with Crippen LogP contribution in [0, 0.1) is 18.8 Å². The van der Waals surface area contributed by atoms with Crippen LogP contribution in [-0.4, -0.2) is 15.6 Å². The van der Waals surface area contributed by atoms with Gasteiger partial charge in [0.15, 0.2) is 0 Å². The summed E-state index contributed by atoms with van der Waals surface area (Å²) >= 11 is 0. The summed E-state index contributed by atoms with van der Waals surface area (Å²) in [5, 5.41) is 4.23. The van der Waals surface area contributed by atoms with Crippen molar-refractivity contribution in [3.8, 4) is 0 Å². The summed E-state index contributed by atoms with van der Waals surface area (Å²) in [6.07, 6.45) is 3.93. The van der Waals surface area contributed by atoms with Crippen molar-refractivity contribution in [1.29, 1.82) is 0 Å². The molecule has 2 rings (SSSR count). The van der Waals surface area contributed by atoms with Crippen LogP contribution in [0.2, 0.25) is 0 Å². The molecule has 0 amide bonds. The lowest BCUT2D eigenvalue weighted by atomic mass is 10.0. The molecule has 0 saturated heterocycles. The van der Waals surface area contributed by atoms with Gasteiger partial charge in [0, 0.05) is 24.6 Å². The summed E-state index contributed by atoms with van der Waals surface area (Å²) < 4.78 is 1.95. The topological polar surface area (TPSA) is 34.9 Å². The molecule has 19 heavy (non-hydrogen) atoms. The van der Waals surface area contributed by atoms with E-state index in [1.54, 1.807) is 0 Å². The van der Waals surface area contributed by atoms with Gasteiger partial charge in [-0.2, -0.15) is 5.10 Å². The van der Waals surface area contributed by atoms with E-state index < -0.39 is 0 Å². The summed E-state index contributed by atoms with van der Waals surface area (Å²) in [4.78, 5) is 10.8. The fourth-order valence-corrected chi connectivity index (χ4v) is 1.89. The quantitative estimate of drug-likeness (QED) is 0.754. The number of rotatable bonds is 1. The number of aromatic nitrogens is 2. The third-order valence-corrected chi connectivity index (χ3v) is 3.48. The van der Waals surface area contributed by atoms with Crippen LogP contribution >= 0.6 is 0 Å². The predicted molar refractivity (Wildman–Crippen MR) is 81.3 cm³/mol. The molecular formula is C16H30N2O. The number of hydrogen-bond acceptors (Lipinski definition) is 2. The zero-order chi connectivity index (χ0) is 15.0. The Balaban J connectivity index is 0.000000303. The number of hydrogen-bond donors (Lipinski definition) is 0. The molecule has 1 aliphatic carbocycles. The summed E-state index contributed by atoms with van der Waals surface area (Å²) in [6.45, 7) is 14.4. The first kappa shape index (κ1) is 17.9. The zero-order valence-electron chi connectivity index (χ0n) is 13.6. The molecule has 0 aromatic carbocycles. The van der Waals surface area contributed by atoms with Gasteiger partial charge < -0.3 is 0 Å². The van der Waals surface area contributed by atoms with Crippen LogP contribution in [0.1, 0.15) is 66.1 Å². The number of nitrogens with zero attached hydrogens (tertiary/aromatic N) is 2. The minimum atomic E-state index is 0.343. The SMILES string of the molecule is CC.CC1CCC(=O)C1C.Cc1ccn(C(C)C)n1. The highest BCUT2D eigenvalue weighted by molar-refractivity contribution is 5.82. The van der Waals surface area contributed by atoms with Gasteiger partial charge >= 0.3 is 0 Å². The number of ketones is 1. The monoisotopic (exact) mass is 266 g/mol. The van der Waals surface area contributed by atoms with Crippen molar-refractivity contribution in [3.05, 3.63) is 18.0 Å². The molecule has 110 valence electrons. The van der Waals surface area contributed by atoms with E-state index in [-0.39, 0.29) is 0 Å². The van der Waals surface area contributed by atoms with E-state index in [0.29, 0.717) is 23.7 Å². The molecular weight excluding hydrogens is 236 g/mol. The normalized spacial score (nSPS) is 21.6. The van der Waals surface area contributed by atoms with E-state index in [1.807, 2.05) is 44.6 Å². The molecule has 1 aliphatic rings. The predicted octanol–water partition coefficient (Wildman–Crippen LogP) is 4.42. The average molecular weight is 266 g/mol. The Morgan fingerprint density at radius 3 is 2.05 bits per heavy atom. The van der Waals surface area contributed by atoms with Gasteiger partial charge in [0.25, 0.3) is 0 Å². The Morgan fingerprint density at radius 2 is 1.89 bits per heavy atom. The molecule has 1 saturated carbocycles. The molecule has 3 nitrogen and oxygen atoms in total. The molecule has 2 unspecified atom stereocenters. The van der Waals surface area contributed by atoms with Gasteiger partial charge in [0.05, 0.1) is 5.69 Å². The van der Waals surface area contributed by atoms with Crippen molar-refractivity contribution in [3.63, 3.8) is 0 Å². The van der Waals surface area contributed by atoms with Gasteiger partial charge in [-0.25, -0.2) is 0 Å². The van der Waals surface area contributed by atoms with Crippen molar-refractivity contribution in [2.24, 2.45) is 11.8 Å². The number of Topliss-reactive ketones (excluding diaryl/α,β-unsaturated/α-hetero) is 1. The maximum atomic E-state index is 10.8. The average Bonchev–Trinajstić information content (AvgIpc) is 2.95. The third-order valence-electron chi connectivity index (χ3n) is 3.48. The van der Waals surface area contributed by atoms with Gasteiger partial charge in [0.2, 0.25) is 0 Å². The van der Waals surface area contributed by atoms with Crippen molar-refractivity contribution in [2.45, 2.75) is 67.3 Å². The van der Waals surface area contributed by atoms with Crippen molar-refractivity contribution >= 4 is 5.78 Å². The number of carbonyl (C=O) groups excluding carboxylic acids is 1. The van der Waals surface area contributed by atoms with Crippen molar-refractivity contribution < 1.29 is 4.79 Å². The largest absolute Gasteiger partial charge is 0.299 e. The van der Waals surface area contributed by atoms with Crippen LogP contribution in [0.3, 0.4) is 0 Å². The number of carbonyl (C=O) groups is 1. The lowest BCUT2D eigenvalue weighted by Gasteiger charge is -2.03.